The molecule has 0 amide bonds. The highest BCUT2D eigenvalue weighted by Crippen LogP contribution is 2.26. The molecule has 6 heteroatoms. The molecule has 4 rings (SSSR count). The first-order chi connectivity index (χ1) is 10.8. The fourth-order valence-electron chi connectivity index (χ4n) is 2.98. The molecular weight excluding hydrogens is 302 g/mol. The lowest BCUT2D eigenvalue weighted by Gasteiger charge is -2.21. The molecule has 1 saturated heterocycles. The Morgan fingerprint density at radius 3 is 3.05 bits per heavy atom. The van der Waals surface area contributed by atoms with E-state index >= 15 is 0 Å². The number of aromatic nitrogens is 3. The van der Waals surface area contributed by atoms with Gasteiger partial charge in [-0.3, -0.25) is 0 Å². The molecule has 0 bridgehead atoms. The molecule has 3 aromatic heterocycles. The minimum Gasteiger partial charge on any atom is -0.428 e. The number of hydrogen-bond donors (Lipinski definition) is 0. The summed E-state index contributed by atoms with van der Waals surface area (Å²) in [6.45, 7) is 1.65. The van der Waals surface area contributed by atoms with E-state index in [4.69, 9.17) is 25.7 Å². The molecule has 0 saturated carbocycles. The third-order valence-corrected chi connectivity index (χ3v) is 4.19. The number of rotatable bonds is 3. The number of hydrogen-bond acceptors (Lipinski definition) is 4. The van der Waals surface area contributed by atoms with Crippen molar-refractivity contribution >= 4 is 22.8 Å². The van der Waals surface area contributed by atoms with E-state index in [2.05, 4.69) is 4.98 Å². The minimum absolute atomic E-state index is 0.361. The highest BCUT2D eigenvalue weighted by molar-refractivity contribution is 6.28. The molecule has 1 aliphatic rings. The summed E-state index contributed by atoms with van der Waals surface area (Å²) in [7, 11) is 0. The average Bonchev–Trinajstić information content (AvgIpc) is 3.11. The third kappa shape index (κ3) is 2.51. The van der Waals surface area contributed by atoms with E-state index in [1.165, 1.54) is 0 Å². The minimum atomic E-state index is 0.361. The zero-order valence-corrected chi connectivity index (χ0v) is 12.8. The van der Waals surface area contributed by atoms with Crippen LogP contribution in [0.1, 0.15) is 18.7 Å². The average molecular weight is 318 g/mol. The van der Waals surface area contributed by atoms with Crippen LogP contribution in [-0.2, 0) is 11.2 Å². The van der Waals surface area contributed by atoms with Crippen molar-refractivity contribution in [3.63, 3.8) is 0 Å². The summed E-state index contributed by atoms with van der Waals surface area (Å²) in [5.74, 6) is 2.07. The maximum absolute atomic E-state index is 5.93. The Balaban J connectivity index is 1.79. The molecule has 1 aliphatic heterocycles. The van der Waals surface area contributed by atoms with E-state index in [-0.39, 0.29) is 0 Å². The van der Waals surface area contributed by atoms with Gasteiger partial charge in [0.1, 0.15) is 11.3 Å². The van der Waals surface area contributed by atoms with Gasteiger partial charge >= 0.3 is 0 Å². The van der Waals surface area contributed by atoms with Crippen LogP contribution in [0.15, 0.2) is 34.9 Å². The quantitative estimate of drug-likeness (QED) is 0.740. The molecule has 1 unspecified atom stereocenters. The number of furan rings is 1. The van der Waals surface area contributed by atoms with Crippen LogP contribution in [0.3, 0.4) is 0 Å². The highest BCUT2D eigenvalue weighted by Gasteiger charge is 2.21. The normalized spacial score (nSPS) is 18.9. The van der Waals surface area contributed by atoms with Crippen molar-refractivity contribution in [1.82, 2.24) is 14.5 Å². The van der Waals surface area contributed by atoms with Crippen LogP contribution in [-0.4, -0.2) is 27.7 Å². The lowest BCUT2D eigenvalue weighted by Crippen LogP contribution is -2.20. The van der Waals surface area contributed by atoms with Crippen molar-refractivity contribution in [3.05, 3.63) is 41.5 Å². The van der Waals surface area contributed by atoms with Crippen molar-refractivity contribution in [2.75, 3.05) is 13.2 Å². The lowest BCUT2D eigenvalue weighted by atomic mass is 9.98. The molecule has 5 nitrogen and oxygen atoms in total. The van der Waals surface area contributed by atoms with Gasteiger partial charge in [-0.25, -0.2) is 14.5 Å². The van der Waals surface area contributed by atoms with Crippen LogP contribution in [0.4, 0.5) is 0 Å². The van der Waals surface area contributed by atoms with Crippen molar-refractivity contribution in [2.24, 2.45) is 5.92 Å². The van der Waals surface area contributed by atoms with Gasteiger partial charge in [-0.1, -0.05) is 0 Å². The summed E-state index contributed by atoms with van der Waals surface area (Å²) < 4.78 is 13.1. The largest absolute Gasteiger partial charge is 0.428 e. The molecule has 1 atom stereocenters. The molecule has 4 heterocycles. The molecule has 0 N–H and O–H groups in total. The Labute approximate surface area is 132 Å². The summed E-state index contributed by atoms with van der Waals surface area (Å²) in [5, 5.41) is 0.361. The predicted octanol–water partition coefficient (Wildman–Crippen LogP) is 3.64. The van der Waals surface area contributed by atoms with Gasteiger partial charge in [-0.2, -0.15) is 0 Å². The van der Waals surface area contributed by atoms with Crippen molar-refractivity contribution in [2.45, 2.75) is 19.3 Å². The summed E-state index contributed by atoms with van der Waals surface area (Å²) >= 11 is 5.93. The molecule has 22 heavy (non-hydrogen) atoms. The van der Waals surface area contributed by atoms with Crippen LogP contribution in [0.5, 0.6) is 0 Å². The number of ether oxygens (including phenoxy) is 1. The van der Waals surface area contributed by atoms with Crippen LogP contribution in [0.2, 0.25) is 5.22 Å². The molecule has 0 aliphatic carbocycles. The summed E-state index contributed by atoms with van der Waals surface area (Å²) in [6.07, 6.45) is 4.87. The SMILES string of the molecule is Clc1ccc(-n2c(CC3CCCOC3)nc3cccnc32)o1. The fraction of sp³-hybridized carbons (Fsp3) is 0.375. The van der Waals surface area contributed by atoms with Crippen molar-refractivity contribution in [1.29, 1.82) is 0 Å². The summed E-state index contributed by atoms with van der Waals surface area (Å²) in [4.78, 5) is 9.18. The Kier molecular flexibility index (Phi) is 3.60. The standard InChI is InChI=1S/C16H16ClN3O2/c17-13-5-6-15(22-13)20-14(9-11-3-2-8-21-10-11)19-12-4-1-7-18-16(12)20/h1,4-7,11H,2-3,8-10H2. The Morgan fingerprint density at radius 2 is 2.27 bits per heavy atom. The summed E-state index contributed by atoms with van der Waals surface area (Å²) in [5.41, 5.74) is 1.65. The Hall–Kier alpha value is -1.85. The number of imidazole rings is 1. The van der Waals surface area contributed by atoms with E-state index in [1.54, 1.807) is 12.3 Å². The fourth-order valence-corrected chi connectivity index (χ4v) is 3.12. The predicted molar refractivity (Wildman–Crippen MR) is 83.4 cm³/mol. The molecule has 0 spiro atoms. The monoisotopic (exact) mass is 317 g/mol. The topological polar surface area (TPSA) is 53.1 Å². The van der Waals surface area contributed by atoms with E-state index in [9.17, 15) is 0 Å². The van der Waals surface area contributed by atoms with Gasteiger partial charge in [0, 0.05) is 31.9 Å². The zero-order valence-electron chi connectivity index (χ0n) is 12.0. The van der Waals surface area contributed by atoms with E-state index in [0.29, 0.717) is 17.0 Å². The molecule has 0 radical (unpaired) electrons. The van der Waals surface area contributed by atoms with Gasteiger partial charge in [0.05, 0.1) is 0 Å². The molecule has 0 aromatic carbocycles. The van der Waals surface area contributed by atoms with Gasteiger partial charge in [0.15, 0.2) is 10.9 Å². The maximum Gasteiger partial charge on any atom is 0.208 e. The van der Waals surface area contributed by atoms with E-state index in [0.717, 1.165) is 49.5 Å². The number of pyridine rings is 1. The number of fused-ring (bicyclic) bond motifs is 1. The first-order valence-electron chi connectivity index (χ1n) is 7.47. The first kappa shape index (κ1) is 13.8. The van der Waals surface area contributed by atoms with Gasteiger partial charge in [-0.15, -0.1) is 0 Å². The molecule has 3 aromatic rings. The third-order valence-electron chi connectivity index (χ3n) is 3.99. The van der Waals surface area contributed by atoms with Gasteiger partial charge in [-0.05, 0) is 48.6 Å². The second kappa shape index (κ2) is 5.74. The van der Waals surface area contributed by atoms with Gasteiger partial charge in [0.25, 0.3) is 0 Å². The summed E-state index contributed by atoms with van der Waals surface area (Å²) in [6, 6.07) is 7.44. The van der Waals surface area contributed by atoms with E-state index in [1.807, 2.05) is 22.8 Å². The van der Waals surface area contributed by atoms with Crippen LogP contribution in [0, 0.1) is 5.92 Å². The Bertz CT molecular complexity index is 790. The lowest BCUT2D eigenvalue weighted by molar-refractivity contribution is 0.0541. The maximum atomic E-state index is 5.93. The van der Waals surface area contributed by atoms with Crippen molar-refractivity contribution < 1.29 is 9.15 Å². The van der Waals surface area contributed by atoms with E-state index < -0.39 is 0 Å². The Morgan fingerprint density at radius 1 is 1.32 bits per heavy atom. The molecule has 1 fully saturated rings. The van der Waals surface area contributed by atoms with Gasteiger partial charge < -0.3 is 9.15 Å². The van der Waals surface area contributed by atoms with Crippen LogP contribution < -0.4 is 0 Å². The first-order valence-corrected chi connectivity index (χ1v) is 7.85. The molecular formula is C16H16ClN3O2. The van der Waals surface area contributed by atoms with Crippen LogP contribution in [0.25, 0.3) is 17.0 Å². The highest BCUT2D eigenvalue weighted by atomic mass is 35.5. The number of nitrogens with zero attached hydrogens (tertiary/aromatic N) is 3. The second-order valence-electron chi connectivity index (χ2n) is 5.57. The smallest absolute Gasteiger partial charge is 0.208 e. The second-order valence-corrected chi connectivity index (χ2v) is 5.95. The zero-order chi connectivity index (χ0) is 14.9. The number of halogens is 1. The van der Waals surface area contributed by atoms with Gasteiger partial charge in [0.2, 0.25) is 5.88 Å². The molecule has 114 valence electrons. The van der Waals surface area contributed by atoms with Crippen LogP contribution >= 0.6 is 11.6 Å². The van der Waals surface area contributed by atoms with Crippen molar-refractivity contribution in [3.8, 4) is 5.88 Å².